The molecule has 3 rings (SSSR count). The van der Waals surface area contributed by atoms with Crippen LogP contribution in [0.25, 0.3) is 10.9 Å². The molecule has 1 unspecified atom stereocenters. The molecule has 1 aliphatic heterocycles. The molecule has 1 aromatic heterocycles. The number of carboxylic acid groups (broad SMARTS) is 1. The van der Waals surface area contributed by atoms with Crippen molar-refractivity contribution in [2.75, 3.05) is 18.1 Å². The number of carboxylic acids is 1. The Labute approximate surface area is 124 Å². The Hall–Kier alpha value is -1.93. The highest BCUT2D eigenvalue weighted by Gasteiger charge is 2.29. The molecule has 0 radical (unpaired) electrons. The van der Waals surface area contributed by atoms with E-state index in [2.05, 4.69) is 10.3 Å². The Balaban J connectivity index is 1.92. The molecular formula is C13H14N4O3S. The number of rotatable bonds is 3. The number of benzene rings is 1. The smallest absolute Gasteiger partial charge is 0.321 e. The summed E-state index contributed by atoms with van der Waals surface area (Å²) in [5.41, 5.74) is 0.297. The highest BCUT2D eigenvalue weighted by molar-refractivity contribution is 7.99. The summed E-state index contributed by atoms with van der Waals surface area (Å²) in [5.74, 6) is 0.494. The second-order valence-corrected chi connectivity index (χ2v) is 5.94. The molecule has 0 saturated carbocycles. The SMILES string of the molecule is O=C(O)C1CSCCN1Cn1nnc2ccccc2c1=O. The first-order valence-electron chi connectivity index (χ1n) is 6.54. The van der Waals surface area contributed by atoms with Gasteiger partial charge in [0.25, 0.3) is 5.56 Å². The van der Waals surface area contributed by atoms with E-state index in [0.717, 1.165) is 5.75 Å². The number of hydrogen-bond donors (Lipinski definition) is 1. The van der Waals surface area contributed by atoms with Crippen LogP contribution < -0.4 is 5.56 Å². The van der Waals surface area contributed by atoms with Gasteiger partial charge in [0, 0.05) is 18.1 Å². The van der Waals surface area contributed by atoms with Crippen LogP contribution in [-0.4, -0.2) is 55.1 Å². The molecule has 110 valence electrons. The van der Waals surface area contributed by atoms with Gasteiger partial charge in [0.1, 0.15) is 11.6 Å². The fourth-order valence-electron chi connectivity index (χ4n) is 2.32. The minimum Gasteiger partial charge on any atom is -0.480 e. The molecule has 1 saturated heterocycles. The van der Waals surface area contributed by atoms with Crippen molar-refractivity contribution < 1.29 is 9.90 Å². The third kappa shape index (κ3) is 2.77. The van der Waals surface area contributed by atoms with Gasteiger partial charge in [0.05, 0.1) is 12.1 Å². The van der Waals surface area contributed by atoms with E-state index in [4.69, 9.17) is 0 Å². The van der Waals surface area contributed by atoms with E-state index in [-0.39, 0.29) is 12.2 Å². The molecule has 0 aliphatic carbocycles. The van der Waals surface area contributed by atoms with E-state index in [9.17, 15) is 14.7 Å². The molecule has 1 N–H and O–H groups in total. The maximum Gasteiger partial charge on any atom is 0.321 e. The van der Waals surface area contributed by atoms with Crippen LogP contribution in [0.2, 0.25) is 0 Å². The number of carbonyl (C=O) groups is 1. The first kappa shape index (κ1) is 14.0. The number of hydrogen-bond acceptors (Lipinski definition) is 6. The molecule has 7 nitrogen and oxygen atoms in total. The van der Waals surface area contributed by atoms with Gasteiger partial charge in [-0.15, -0.1) is 5.10 Å². The van der Waals surface area contributed by atoms with E-state index in [1.807, 2.05) is 0 Å². The number of aliphatic carboxylic acids is 1. The normalized spacial score (nSPS) is 19.7. The van der Waals surface area contributed by atoms with Crippen LogP contribution in [0.3, 0.4) is 0 Å². The molecule has 8 heteroatoms. The van der Waals surface area contributed by atoms with E-state index >= 15 is 0 Å². The van der Waals surface area contributed by atoms with Gasteiger partial charge < -0.3 is 5.11 Å². The molecule has 21 heavy (non-hydrogen) atoms. The number of nitrogens with zero attached hydrogens (tertiary/aromatic N) is 4. The van der Waals surface area contributed by atoms with Gasteiger partial charge in [-0.2, -0.15) is 16.4 Å². The van der Waals surface area contributed by atoms with Gasteiger partial charge in [-0.05, 0) is 12.1 Å². The Morgan fingerprint density at radius 2 is 2.24 bits per heavy atom. The molecule has 1 aromatic carbocycles. The van der Waals surface area contributed by atoms with Crippen LogP contribution in [0.15, 0.2) is 29.1 Å². The highest BCUT2D eigenvalue weighted by Crippen LogP contribution is 2.17. The van der Waals surface area contributed by atoms with Gasteiger partial charge in [-0.25, -0.2) is 0 Å². The lowest BCUT2D eigenvalue weighted by Gasteiger charge is -2.32. The average Bonchev–Trinajstić information content (AvgIpc) is 2.51. The lowest BCUT2D eigenvalue weighted by atomic mass is 10.2. The van der Waals surface area contributed by atoms with Gasteiger partial charge in [0.15, 0.2) is 0 Å². The second kappa shape index (κ2) is 5.82. The van der Waals surface area contributed by atoms with Gasteiger partial charge >= 0.3 is 5.97 Å². The van der Waals surface area contributed by atoms with Crippen molar-refractivity contribution in [1.29, 1.82) is 0 Å². The van der Waals surface area contributed by atoms with Crippen molar-refractivity contribution in [3.8, 4) is 0 Å². The van der Waals surface area contributed by atoms with Crippen molar-refractivity contribution in [3.05, 3.63) is 34.6 Å². The minimum atomic E-state index is -0.871. The summed E-state index contributed by atoms with van der Waals surface area (Å²) in [6, 6.07) is 6.40. The topological polar surface area (TPSA) is 88.3 Å². The maximum absolute atomic E-state index is 12.4. The minimum absolute atomic E-state index is 0.147. The third-order valence-electron chi connectivity index (χ3n) is 3.47. The molecule has 1 fully saturated rings. The number of fused-ring (bicyclic) bond motifs is 1. The predicted molar refractivity (Wildman–Crippen MR) is 79.3 cm³/mol. The largest absolute Gasteiger partial charge is 0.480 e. The summed E-state index contributed by atoms with van der Waals surface area (Å²) >= 11 is 1.61. The monoisotopic (exact) mass is 306 g/mol. The quantitative estimate of drug-likeness (QED) is 0.869. The molecule has 1 aliphatic rings. The van der Waals surface area contributed by atoms with Crippen molar-refractivity contribution >= 4 is 28.6 Å². The summed E-state index contributed by atoms with van der Waals surface area (Å²) in [5, 5.41) is 17.7. The fraction of sp³-hybridized carbons (Fsp3) is 0.385. The highest BCUT2D eigenvalue weighted by atomic mass is 32.2. The third-order valence-corrected chi connectivity index (χ3v) is 4.49. The zero-order chi connectivity index (χ0) is 14.8. The molecule has 0 bridgehead atoms. The molecule has 0 spiro atoms. The zero-order valence-electron chi connectivity index (χ0n) is 11.2. The lowest BCUT2D eigenvalue weighted by molar-refractivity contribution is -0.143. The number of aromatic nitrogens is 3. The Morgan fingerprint density at radius 1 is 1.43 bits per heavy atom. The Bertz CT molecular complexity index is 733. The van der Waals surface area contributed by atoms with Crippen LogP contribution in [-0.2, 0) is 11.5 Å². The van der Waals surface area contributed by atoms with Crippen molar-refractivity contribution in [2.24, 2.45) is 0 Å². The molecule has 1 atom stereocenters. The summed E-state index contributed by atoms with van der Waals surface area (Å²) in [6.07, 6.45) is 0. The summed E-state index contributed by atoms with van der Waals surface area (Å²) in [4.78, 5) is 25.4. The fourth-order valence-corrected chi connectivity index (χ4v) is 3.43. The van der Waals surface area contributed by atoms with Gasteiger partial charge in [-0.1, -0.05) is 17.3 Å². The van der Waals surface area contributed by atoms with Crippen molar-refractivity contribution in [2.45, 2.75) is 12.7 Å². The molecule has 2 aromatic rings. The number of thioether (sulfide) groups is 1. The van der Waals surface area contributed by atoms with Crippen LogP contribution >= 0.6 is 11.8 Å². The first-order valence-corrected chi connectivity index (χ1v) is 7.69. The maximum atomic E-state index is 12.4. The zero-order valence-corrected chi connectivity index (χ0v) is 12.0. The summed E-state index contributed by atoms with van der Waals surface area (Å²) in [7, 11) is 0. The van der Waals surface area contributed by atoms with Crippen LogP contribution in [0.4, 0.5) is 0 Å². The van der Waals surface area contributed by atoms with Crippen LogP contribution in [0, 0.1) is 0 Å². The predicted octanol–water partition coefficient (Wildman–Crippen LogP) is 0.251. The molecular weight excluding hydrogens is 292 g/mol. The van der Waals surface area contributed by atoms with Crippen LogP contribution in [0.1, 0.15) is 0 Å². The van der Waals surface area contributed by atoms with Crippen molar-refractivity contribution in [1.82, 2.24) is 19.9 Å². The summed E-state index contributed by atoms with van der Waals surface area (Å²) in [6.45, 7) is 0.761. The van der Waals surface area contributed by atoms with Gasteiger partial charge in [0.2, 0.25) is 0 Å². The van der Waals surface area contributed by atoms with E-state index < -0.39 is 12.0 Å². The molecule has 0 amide bonds. The Morgan fingerprint density at radius 3 is 3.05 bits per heavy atom. The standard InChI is InChI=1S/C13H14N4O3S/c18-12-9-3-1-2-4-10(9)14-15-17(12)8-16-5-6-21-7-11(16)13(19)20/h1-4,11H,5-8H2,(H,19,20). The van der Waals surface area contributed by atoms with E-state index in [1.54, 1.807) is 40.9 Å². The molecule has 2 heterocycles. The van der Waals surface area contributed by atoms with Crippen LogP contribution in [0.5, 0.6) is 0 Å². The summed E-state index contributed by atoms with van der Waals surface area (Å²) < 4.78 is 1.23. The van der Waals surface area contributed by atoms with Crippen molar-refractivity contribution in [3.63, 3.8) is 0 Å². The second-order valence-electron chi connectivity index (χ2n) is 4.79. The van der Waals surface area contributed by atoms with Gasteiger partial charge in [-0.3, -0.25) is 14.5 Å². The average molecular weight is 306 g/mol. The first-order chi connectivity index (χ1) is 10.2. The van der Waals surface area contributed by atoms with E-state index in [0.29, 0.717) is 23.2 Å². The van der Waals surface area contributed by atoms with E-state index in [1.165, 1.54) is 4.68 Å². The Kier molecular flexibility index (Phi) is 3.89. The lowest BCUT2D eigenvalue weighted by Crippen LogP contribution is -2.49.